The molecule has 2 aromatic rings. The van der Waals surface area contributed by atoms with Crippen molar-refractivity contribution in [1.82, 2.24) is 4.90 Å². The summed E-state index contributed by atoms with van der Waals surface area (Å²) in [6, 6.07) is 15.5. The molecule has 132 valence electrons. The zero-order valence-electron chi connectivity index (χ0n) is 14.5. The van der Waals surface area contributed by atoms with Crippen LogP contribution in [-0.4, -0.2) is 23.4 Å². The molecule has 0 fully saturated rings. The lowest BCUT2D eigenvalue weighted by atomic mass is 9.84. The maximum atomic E-state index is 12.5. The maximum Gasteiger partial charge on any atom is 0.250 e. The summed E-state index contributed by atoms with van der Waals surface area (Å²) in [5.74, 6) is -0.183. The summed E-state index contributed by atoms with van der Waals surface area (Å²) in [7, 11) is 2.03. The number of hydrogen-bond acceptors (Lipinski definition) is 2. The molecule has 0 atom stereocenters. The third kappa shape index (κ3) is 4.00. The monoisotopic (exact) mass is 376 g/mol. The van der Waals surface area contributed by atoms with Gasteiger partial charge in [-0.05, 0) is 38.0 Å². The molecule has 1 amide bonds. The van der Waals surface area contributed by atoms with Crippen molar-refractivity contribution in [3.63, 3.8) is 0 Å². The summed E-state index contributed by atoms with van der Waals surface area (Å²) in [6.07, 6.45) is 2.60. The standard InChI is InChI=1S/C20H21ClN2O.ClH/c1-20(2)13-14-8-4-5-9-15(14)18(23(20)3)12-19(24)22-17-11-7-6-10-16(17)21;/h4-12H,13H2,1-3H3,(H,22,24);1H/b18-12-;. The summed E-state index contributed by atoms with van der Waals surface area (Å²) >= 11 is 6.12. The number of nitrogens with zero attached hydrogens (tertiary/aromatic N) is 1. The van der Waals surface area contributed by atoms with Crippen molar-refractivity contribution in [1.29, 1.82) is 0 Å². The minimum Gasteiger partial charge on any atom is -0.368 e. The molecule has 1 aliphatic rings. The first-order valence-electron chi connectivity index (χ1n) is 7.98. The minimum absolute atomic E-state index is 0. The van der Waals surface area contributed by atoms with Crippen LogP contribution in [0.2, 0.25) is 5.02 Å². The van der Waals surface area contributed by atoms with Gasteiger partial charge in [0.05, 0.1) is 10.7 Å². The molecule has 0 radical (unpaired) electrons. The fraction of sp³-hybridized carbons (Fsp3) is 0.250. The van der Waals surface area contributed by atoms with Crippen molar-refractivity contribution in [2.75, 3.05) is 12.4 Å². The predicted molar refractivity (Wildman–Crippen MR) is 107 cm³/mol. The minimum atomic E-state index is -0.183. The molecule has 0 saturated carbocycles. The van der Waals surface area contributed by atoms with Gasteiger partial charge in [-0.15, -0.1) is 12.4 Å². The van der Waals surface area contributed by atoms with Crippen LogP contribution in [0.15, 0.2) is 54.6 Å². The van der Waals surface area contributed by atoms with Crippen LogP contribution < -0.4 is 5.32 Å². The smallest absolute Gasteiger partial charge is 0.250 e. The Hall–Kier alpha value is -1.97. The number of carbonyl (C=O) groups is 1. The molecule has 2 aromatic carbocycles. The van der Waals surface area contributed by atoms with Gasteiger partial charge >= 0.3 is 0 Å². The Bertz CT molecular complexity index is 815. The lowest BCUT2D eigenvalue weighted by Crippen LogP contribution is -2.45. The van der Waals surface area contributed by atoms with Crippen LogP contribution >= 0.6 is 24.0 Å². The molecule has 0 unspecified atom stereocenters. The number of amides is 1. The van der Waals surface area contributed by atoms with E-state index in [1.165, 1.54) is 5.56 Å². The van der Waals surface area contributed by atoms with E-state index in [-0.39, 0.29) is 23.9 Å². The zero-order valence-corrected chi connectivity index (χ0v) is 16.1. The normalized spacial score (nSPS) is 16.8. The zero-order chi connectivity index (χ0) is 17.3. The van der Waals surface area contributed by atoms with Crippen LogP contribution in [0.5, 0.6) is 0 Å². The Balaban J connectivity index is 0.00000225. The van der Waals surface area contributed by atoms with Gasteiger partial charge in [-0.25, -0.2) is 0 Å². The Morgan fingerprint density at radius 2 is 1.80 bits per heavy atom. The number of carbonyl (C=O) groups excluding carboxylic acids is 1. The Kier molecular flexibility index (Phi) is 5.81. The van der Waals surface area contributed by atoms with Crippen LogP contribution in [0.25, 0.3) is 5.70 Å². The first-order valence-corrected chi connectivity index (χ1v) is 8.35. The van der Waals surface area contributed by atoms with Crippen molar-refractivity contribution in [2.24, 2.45) is 0 Å². The fourth-order valence-electron chi connectivity index (χ4n) is 3.05. The molecule has 0 saturated heterocycles. The molecule has 1 aliphatic heterocycles. The van der Waals surface area contributed by atoms with Gasteiger partial charge in [-0.3, -0.25) is 4.79 Å². The first kappa shape index (κ1) is 19.4. The van der Waals surface area contributed by atoms with Crippen molar-refractivity contribution in [2.45, 2.75) is 25.8 Å². The summed E-state index contributed by atoms with van der Waals surface area (Å²) in [5.41, 5.74) is 3.86. The van der Waals surface area contributed by atoms with Crippen LogP contribution in [0.3, 0.4) is 0 Å². The second-order valence-corrected chi connectivity index (χ2v) is 7.11. The number of halogens is 2. The second kappa shape index (κ2) is 7.51. The molecule has 0 bridgehead atoms. The molecule has 1 heterocycles. The molecule has 25 heavy (non-hydrogen) atoms. The van der Waals surface area contributed by atoms with Crippen LogP contribution in [0.1, 0.15) is 25.0 Å². The number of para-hydroxylation sites is 1. The van der Waals surface area contributed by atoms with E-state index < -0.39 is 0 Å². The van der Waals surface area contributed by atoms with Gasteiger partial charge < -0.3 is 10.2 Å². The number of benzene rings is 2. The topological polar surface area (TPSA) is 32.3 Å². The lowest BCUT2D eigenvalue weighted by Gasteiger charge is -2.44. The van der Waals surface area contributed by atoms with E-state index in [2.05, 4.69) is 36.2 Å². The summed E-state index contributed by atoms with van der Waals surface area (Å²) < 4.78 is 0. The van der Waals surface area contributed by atoms with E-state index in [1.807, 2.05) is 31.3 Å². The predicted octanol–water partition coefficient (Wildman–Crippen LogP) is 5.01. The second-order valence-electron chi connectivity index (χ2n) is 6.70. The van der Waals surface area contributed by atoms with Gasteiger partial charge in [-0.1, -0.05) is 48.0 Å². The lowest BCUT2D eigenvalue weighted by molar-refractivity contribution is -0.111. The van der Waals surface area contributed by atoms with E-state index in [9.17, 15) is 4.79 Å². The third-order valence-electron chi connectivity index (χ3n) is 4.59. The largest absolute Gasteiger partial charge is 0.368 e. The Labute approximate surface area is 160 Å². The Morgan fingerprint density at radius 3 is 2.52 bits per heavy atom. The van der Waals surface area contributed by atoms with Gasteiger partial charge in [0.1, 0.15) is 0 Å². The van der Waals surface area contributed by atoms with Crippen LogP contribution in [0, 0.1) is 0 Å². The highest BCUT2D eigenvalue weighted by Crippen LogP contribution is 2.36. The van der Waals surface area contributed by atoms with E-state index in [4.69, 9.17) is 11.6 Å². The van der Waals surface area contributed by atoms with E-state index >= 15 is 0 Å². The van der Waals surface area contributed by atoms with E-state index in [1.54, 1.807) is 18.2 Å². The number of anilines is 1. The molecule has 0 spiro atoms. The van der Waals surface area contributed by atoms with Gasteiger partial charge in [0.25, 0.3) is 5.91 Å². The molecule has 0 aromatic heterocycles. The first-order chi connectivity index (χ1) is 11.4. The van der Waals surface area contributed by atoms with E-state index in [0.717, 1.165) is 17.7 Å². The SMILES string of the molecule is CN1/C(=C\C(=O)Nc2ccccc2Cl)c2ccccc2CC1(C)C.Cl. The van der Waals surface area contributed by atoms with Crippen molar-refractivity contribution in [3.05, 3.63) is 70.8 Å². The van der Waals surface area contributed by atoms with E-state index in [0.29, 0.717) is 10.7 Å². The number of nitrogens with one attached hydrogen (secondary N) is 1. The highest BCUT2D eigenvalue weighted by molar-refractivity contribution is 6.33. The van der Waals surface area contributed by atoms with Gasteiger partial charge in [-0.2, -0.15) is 0 Å². The molecule has 1 N–H and O–H groups in total. The van der Waals surface area contributed by atoms with Crippen LogP contribution in [0.4, 0.5) is 5.69 Å². The van der Waals surface area contributed by atoms with Gasteiger partial charge in [0.2, 0.25) is 0 Å². The molecular weight excluding hydrogens is 355 g/mol. The molecule has 0 aliphatic carbocycles. The summed E-state index contributed by atoms with van der Waals surface area (Å²) in [5, 5.41) is 3.39. The van der Waals surface area contributed by atoms with Gasteiger partial charge in [0, 0.05) is 29.9 Å². The third-order valence-corrected chi connectivity index (χ3v) is 4.91. The Morgan fingerprint density at radius 1 is 1.16 bits per heavy atom. The molecule has 3 nitrogen and oxygen atoms in total. The number of rotatable bonds is 2. The number of likely N-dealkylation sites (N-methyl/N-ethyl adjacent to an activating group) is 1. The highest BCUT2D eigenvalue weighted by atomic mass is 35.5. The number of fused-ring (bicyclic) bond motifs is 1. The quantitative estimate of drug-likeness (QED) is 0.747. The molecule has 5 heteroatoms. The summed E-state index contributed by atoms with van der Waals surface area (Å²) in [6.45, 7) is 4.37. The maximum absolute atomic E-state index is 12.5. The summed E-state index contributed by atoms with van der Waals surface area (Å²) in [4.78, 5) is 14.7. The van der Waals surface area contributed by atoms with Crippen molar-refractivity contribution < 1.29 is 4.79 Å². The van der Waals surface area contributed by atoms with Gasteiger partial charge in [0.15, 0.2) is 0 Å². The number of hydrogen-bond donors (Lipinski definition) is 1. The van der Waals surface area contributed by atoms with Crippen molar-refractivity contribution in [3.8, 4) is 0 Å². The molecule has 3 rings (SSSR count). The highest BCUT2D eigenvalue weighted by Gasteiger charge is 2.33. The van der Waals surface area contributed by atoms with Crippen molar-refractivity contribution >= 4 is 41.3 Å². The average Bonchev–Trinajstić information content (AvgIpc) is 2.54. The van der Waals surface area contributed by atoms with Crippen LogP contribution in [-0.2, 0) is 11.2 Å². The molecular formula is C20H22Cl2N2O. The fourth-order valence-corrected chi connectivity index (χ4v) is 3.23. The average molecular weight is 377 g/mol.